The number of phenols is 1. The molecular weight excluding hydrogens is 1200 g/mol. The average Bonchev–Trinajstić information content (AvgIpc) is 3.59. The van der Waals surface area contributed by atoms with Crippen LogP contribution in [0.4, 0.5) is 51.2 Å². The summed E-state index contributed by atoms with van der Waals surface area (Å²) < 4.78 is 139. The smallest absolute Gasteiger partial charge is 0.296 e. The Morgan fingerprint density at radius 3 is 1.90 bits per heavy atom. The lowest BCUT2D eigenvalue weighted by atomic mass is 10.1. The first kappa shape index (κ1) is 60.4. The maximum atomic E-state index is 13.4. The van der Waals surface area contributed by atoms with E-state index in [4.69, 9.17) is 20.4 Å². The van der Waals surface area contributed by atoms with Crippen molar-refractivity contribution in [2.24, 2.45) is 30.7 Å². The van der Waals surface area contributed by atoms with Crippen LogP contribution in [-0.4, -0.2) is 75.7 Å². The first-order chi connectivity index (χ1) is 38.3. The van der Waals surface area contributed by atoms with Crippen LogP contribution in [0.15, 0.2) is 180 Å². The predicted octanol–water partition coefficient (Wildman–Crippen LogP) is 5.82. The summed E-state index contributed by atoms with van der Waals surface area (Å²) in [6.45, 7) is -0.564. The number of sulfone groups is 1. The monoisotopic (exact) mass is 1240 g/mol. The standard InChI is InChI=1S/C42H33N11O22S6/c43-37-36-22(19-33(76-74-72-59)39(42(36)56)50-47-30-14-13-29(21-34(30)80(65,66)67)78(61,62)18-17-71-77-75-73-60)20-35(81(68,69)70)40(37)51-46-25-7-11-28(12-8-25)79(63,64)52-26-3-1-23(2-4-26)45-49-38-32(54)16-15-31(41(38)55)48-44-24-5-9-27(10-6-24)53(57)58/h1-16,19-21,44-45,52,56,59-60H,17-18,43H2,(H,65,66,67)(H,68,69,70). The molecule has 0 bridgehead atoms. The zero-order valence-corrected chi connectivity index (χ0v) is 44.6. The minimum Gasteiger partial charge on any atom is -0.505 e. The van der Waals surface area contributed by atoms with Crippen molar-refractivity contribution in [3.05, 3.63) is 157 Å². The molecule has 424 valence electrons. The molecule has 7 aromatic carbocycles. The average molecular weight is 1240 g/mol. The van der Waals surface area contributed by atoms with Gasteiger partial charge in [0.1, 0.15) is 32.2 Å². The highest BCUT2D eigenvalue weighted by molar-refractivity contribution is 7.94. The van der Waals surface area contributed by atoms with Gasteiger partial charge in [0.05, 0.1) is 72.1 Å². The number of fused-ring (bicyclic) bond motifs is 1. The summed E-state index contributed by atoms with van der Waals surface area (Å²) in [4.78, 5) is 32.4. The summed E-state index contributed by atoms with van der Waals surface area (Å²) in [5, 5.41) is 68.2. The summed E-state index contributed by atoms with van der Waals surface area (Å²) in [6.07, 6.45) is 0. The zero-order chi connectivity index (χ0) is 58.9. The number of aromatic hydroxyl groups is 1. The molecule has 39 heteroatoms. The van der Waals surface area contributed by atoms with Crippen LogP contribution in [0, 0.1) is 10.1 Å². The van der Waals surface area contributed by atoms with Crippen LogP contribution >= 0.6 is 24.4 Å². The van der Waals surface area contributed by atoms with E-state index in [-0.39, 0.29) is 67.7 Å². The van der Waals surface area contributed by atoms with Crippen molar-refractivity contribution in [2.45, 2.75) is 24.5 Å². The van der Waals surface area contributed by atoms with Crippen molar-refractivity contribution in [1.82, 2.24) is 0 Å². The number of nitrogens with two attached hydrogens (primary N) is 1. The Morgan fingerprint density at radius 2 is 1.27 bits per heavy atom. The van der Waals surface area contributed by atoms with Crippen LogP contribution in [0.25, 0.3) is 10.8 Å². The summed E-state index contributed by atoms with van der Waals surface area (Å²) in [7, 11) is -19.2. The predicted molar refractivity (Wildman–Crippen MR) is 282 cm³/mol. The van der Waals surface area contributed by atoms with E-state index < -0.39 is 122 Å². The number of phenolic OH excluding ortho intramolecular Hbond substituents is 1. The first-order valence-corrected chi connectivity index (χ1v) is 28.8. The van der Waals surface area contributed by atoms with Gasteiger partial charge >= 0.3 is 0 Å². The lowest BCUT2D eigenvalue weighted by molar-refractivity contribution is -0.434. The molecule has 0 radical (unpaired) electrons. The summed E-state index contributed by atoms with van der Waals surface area (Å²) in [6, 6.07) is 21.2. The number of hydrogen-bond acceptors (Lipinski definition) is 31. The van der Waals surface area contributed by atoms with Gasteiger partial charge in [-0.3, -0.25) is 48.6 Å². The Morgan fingerprint density at radius 1 is 0.667 bits per heavy atom. The first-order valence-electron chi connectivity index (χ1n) is 21.4. The van der Waals surface area contributed by atoms with Gasteiger partial charge in [0.2, 0.25) is 10.9 Å². The Balaban J connectivity index is 1.12. The van der Waals surface area contributed by atoms with Gasteiger partial charge in [-0.15, -0.1) is 24.0 Å². The number of nitrogen functional groups attached to an aromatic ring is 1. The van der Waals surface area contributed by atoms with Gasteiger partial charge in [-0.05, 0) is 109 Å². The van der Waals surface area contributed by atoms with Gasteiger partial charge in [0, 0.05) is 17.8 Å². The van der Waals surface area contributed by atoms with Gasteiger partial charge < -0.3 is 10.8 Å². The molecular formula is C42H33N11O22S6. The molecule has 10 N–H and O–H groups in total. The van der Waals surface area contributed by atoms with Crippen molar-refractivity contribution in [1.29, 1.82) is 0 Å². The molecule has 7 rings (SSSR count). The number of rotatable bonds is 24. The number of nitro benzene ring substituents is 1. The Labute approximate surface area is 461 Å². The maximum Gasteiger partial charge on any atom is 0.296 e. The summed E-state index contributed by atoms with van der Waals surface area (Å²) >= 11 is 0.191. The zero-order valence-electron chi connectivity index (χ0n) is 39.7. The minimum absolute atomic E-state index is 0.0426. The summed E-state index contributed by atoms with van der Waals surface area (Å²) in [5.74, 6) is -1.74. The number of non-ortho nitro benzene ring substituents is 1. The van der Waals surface area contributed by atoms with Crippen LogP contribution in [0.5, 0.6) is 5.75 Å². The van der Waals surface area contributed by atoms with E-state index in [2.05, 4.69) is 65.0 Å². The minimum atomic E-state index is -5.28. The number of nitro groups is 1. The lowest BCUT2D eigenvalue weighted by Crippen LogP contribution is -2.47. The lowest BCUT2D eigenvalue weighted by Gasteiger charge is -2.14. The number of azo groups is 2. The summed E-state index contributed by atoms with van der Waals surface area (Å²) in [5.41, 5.74) is 7.28. The molecule has 0 aliphatic rings. The highest BCUT2D eigenvalue weighted by Crippen LogP contribution is 2.50. The van der Waals surface area contributed by atoms with Crippen molar-refractivity contribution < 1.29 is 86.2 Å². The molecule has 0 fully saturated rings. The fourth-order valence-electron chi connectivity index (χ4n) is 6.70. The molecule has 0 saturated carbocycles. The molecule has 33 nitrogen and oxygen atoms in total. The second-order valence-electron chi connectivity index (χ2n) is 15.6. The van der Waals surface area contributed by atoms with E-state index in [9.17, 15) is 67.6 Å². The normalized spacial score (nSPS) is 12.9. The van der Waals surface area contributed by atoms with Crippen LogP contribution in [0.1, 0.15) is 0 Å². The van der Waals surface area contributed by atoms with Gasteiger partial charge in [-0.25, -0.2) is 27.4 Å². The van der Waals surface area contributed by atoms with Gasteiger partial charge in [-0.1, -0.05) is 10.1 Å². The SMILES string of the molecule is Nc1c(N=Nc2ccc(S(=O)(=O)Nc3ccc(NN=c4c(=O)ccc(=NNc5ccc([N+](=O)[O-])cc5)c4=O)cc3)cc2)c(S(=O)(=O)O)cc2cc(SOOO)c(N=Nc3ccc(S(=O)(=O)CCOSOOO)cc3S(=O)(=O)O)c(O)c12. The number of benzene rings is 7. The molecule has 0 saturated heterocycles. The van der Waals surface area contributed by atoms with Crippen LogP contribution in [0.3, 0.4) is 0 Å². The van der Waals surface area contributed by atoms with E-state index in [0.29, 0.717) is 11.8 Å². The Hall–Kier alpha value is -8.26. The molecule has 0 aliphatic carbocycles. The van der Waals surface area contributed by atoms with Crippen molar-refractivity contribution in [3.63, 3.8) is 0 Å². The van der Waals surface area contributed by atoms with Crippen LogP contribution in [0.2, 0.25) is 0 Å². The molecule has 0 atom stereocenters. The molecule has 7 aromatic rings. The molecule has 0 aliphatic heterocycles. The molecule has 81 heavy (non-hydrogen) atoms. The largest absolute Gasteiger partial charge is 0.505 e. The third-order valence-electron chi connectivity index (χ3n) is 10.4. The van der Waals surface area contributed by atoms with E-state index in [0.717, 1.165) is 60.7 Å². The van der Waals surface area contributed by atoms with Crippen LogP contribution in [-0.2, 0) is 63.0 Å². The quantitative estimate of drug-likeness (QED) is 0.00503. The molecule has 0 heterocycles. The number of nitrogens with one attached hydrogen (secondary N) is 3. The van der Waals surface area contributed by atoms with Crippen molar-refractivity contribution >= 4 is 126 Å². The maximum absolute atomic E-state index is 13.4. The second-order valence-corrected chi connectivity index (χ2v) is 23.4. The molecule has 0 amide bonds. The van der Waals surface area contributed by atoms with Crippen molar-refractivity contribution in [2.75, 3.05) is 33.7 Å². The third-order valence-corrected chi connectivity index (χ3v) is 16.2. The fourth-order valence-corrected chi connectivity index (χ4v) is 11.1. The van der Waals surface area contributed by atoms with E-state index in [1.54, 1.807) is 0 Å². The Bertz CT molecular complexity index is 4350. The fraction of sp³-hybridized carbons (Fsp3) is 0.0476. The number of anilines is 4. The van der Waals surface area contributed by atoms with Crippen molar-refractivity contribution in [3.8, 4) is 5.75 Å². The third kappa shape index (κ3) is 15.0. The Kier molecular flexibility index (Phi) is 19.0. The van der Waals surface area contributed by atoms with E-state index >= 15 is 0 Å². The molecule has 0 aromatic heterocycles. The van der Waals surface area contributed by atoms with Gasteiger partial charge in [0.25, 0.3) is 35.9 Å². The molecule has 0 unspecified atom stereocenters. The van der Waals surface area contributed by atoms with Crippen LogP contribution < -0.4 is 42.9 Å². The topological polar surface area (TPSA) is 497 Å². The van der Waals surface area contributed by atoms with Gasteiger partial charge in [-0.2, -0.15) is 32.2 Å². The number of hydrogen-bond donors (Lipinski definition) is 9. The van der Waals surface area contributed by atoms with E-state index in [1.807, 2.05) is 0 Å². The highest BCUT2D eigenvalue weighted by Gasteiger charge is 2.27. The van der Waals surface area contributed by atoms with Gasteiger partial charge in [0.15, 0.2) is 33.3 Å². The second kappa shape index (κ2) is 25.5. The number of sulfonamides is 1. The molecule has 0 spiro atoms. The number of nitrogens with zero attached hydrogens (tertiary/aromatic N) is 7. The van der Waals surface area contributed by atoms with E-state index in [1.165, 1.54) is 48.5 Å². The highest BCUT2D eigenvalue weighted by atomic mass is 32.2.